The van der Waals surface area contributed by atoms with Gasteiger partial charge in [-0.1, -0.05) is 0 Å². The number of carbonyl (C=O) groups is 1. The van der Waals surface area contributed by atoms with Gasteiger partial charge in [0.1, 0.15) is 5.82 Å². The molecule has 0 spiro atoms. The van der Waals surface area contributed by atoms with E-state index in [1.165, 1.54) is 12.1 Å². The first kappa shape index (κ1) is 13.6. The summed E-state index contributed by atoms with van der Waals surface area (Å²) in [6.45, 7) is 5.29. The predicted molar refractivity (Wildman–Crippen MR) is 66.1 cm³/mol. The fourth-order valence-corrected chi connectivity index (χ4v) is 1.93. The van der Waals surface area contributed by atoms with Gasteiger partial charge >= 0.3 is 0 Å². The average molecular weight is 239 g/mol. The molecule has 94 valence electrons. The van der Waals surface area contributed by atoms with Crippen LogP contribution >= 0.6 is 0 Å². The molecule has 1 rings (SSSR count). The lowest BCUT2D eigenvalue weighted by atomic mass is 10.1. The van der Waals surface area contributed by atoms with Gasteiger partial charge < -0.3 is 9.64 Å². The van der Waals surface area contributed by atoms with Gasteiger partial charge in [0.2, 0.25) is 0 Å². The van der Waals surface area contributed by atoms with E-state index in [-0.39, 0.29) is 6.04 Å². The largest absolute Gasteiger partial charge is 0.383 e. The van der Waals surface area contributed by atoms with Crippen LogP contribution in [0.25, 0.3) is 0 Å². The molecule has 0 radical (unpaired) electrons. The fraction of sp³-hybridized carbons (Fsp3) is 0.462. The van der Waals surface area contributed by atoms with Crippen LogP contribution in [0.1, 0.15) is 24.2 Å². The number of carbonyl (C=O) groups excluding carboxylic acids is 1. The van der Waals surface area contributed by atoms with Crippen LogP contribution in [0.15, 0.2) is 18.2 Å². The summed E-state index contributed by atoms with van der Waals surface area (Å²) in [5.41, 5.74) is 1.11. The maximum atomic E-state index is 13.0. The molecule has 0 fully saturated rings. The van der Waals surface area contributed by atoms with Crippen LogP contribution in [0, 0.1) is 5.82 Å². The molecule has 0 heterocycles. The smallest absolute Gasteiger partial charge is 0.152 e. The Hall–Kier alpha value is -1.42. The lowest BCUT2D eigenvalue weighted by molar-refractivity contribution is 0.112. The fourth-order valence-electron chi connectivity index (χ4n) is 1.93. The van der Waals surface area contributed by atoms with Crippen molar-refractivity contribution < 1.29 is 13.9 Å². The molecule has 0 saturated heterocycles. The predicted octanol–water partition coefficient (Wildman–Crippen LogP) is 2.50. The van der Waals surface area contributed by atoms with Gasteiger partial charge in [-0.2, -0.15) is 0 Å². The maximum Gasteiger partial charge on any atom is 0.152 e. The van der Waals surface area contributed by atoms with Crippen molar-refractivity contribution in [1.29, 1.82) is 0 Å². The molecular weight excluding hydrogens is 221 g/mol. The Morgan fingerprint density at radius 1 is 1.53 bits per heavy atom. The highest BCUT2D eigenvalue weighted by atomic mass is 19.1. The lowest BCUT2D eigenvalue weighted by Crippen LogP contribution is -2.36. The minimum atomic E-state index is -0.397. The van der Waals surface area contributed by atoms with E-state index < -0.39 is 5.82 Å². The Balaban J connectivity index is 3.06. The Morgan fingerprint density at radius 2 is 2.24 bits per heavy atom. The number of nitrogens with zero attached hydrogens (tertiary/aromatic N) is 1. The molecule has 0 aliphatic heterocycles. The number of methoxy groups -OCH3 is 1. The molecular formula is C13H18FNO2. The van der Waals surface area contributed by atoms with E-state index in [1.54, 1.807) is 13.2 Å². The Kier molecular flexibility index (Phi) is 5.10. The minimum Gasteiger partial charge on any atom is -0.383 e. The molecule has 3 nitrogen and oxygen atoms in total. The number of halogens is 1. The number of hydrogen-bond acceptors (Lipinski definition) is 3. The highest BCUT2D eigenvalue weighted by molar-refractivity contribution is 5.84. The number of rotatable bonds is 6. The van der Waals surface area contributed by atoms with Crippen LogP contribution in [0.3, 0.4) is 0 Å². The highest BCUT2D eigenvalue weighted by Crippen LogP contribution is 2.22. The summed E-state index contributed by atoms with van der Waals surface area (Å²) in [4.78, 5) is 13.0. The summed E-state index contributed by atoms with van der Waals surface area (Å²) < 4.78 is 18.1. The van der Waals surface area contributed by atoms with Crippen molar-refractivity contribution in [3.05, 3.63) is 29.6 Å². The van der Waals surface area contributed by atoms with Gasteiger partial charge in [-0.3, -0.25) is 4.79 Å². The second-order valence-corrected chi connectivity index (χ2v) is 3.91. The molecule has 0 amide bonds. The third kappa shape index (κ3) is 3.27. The van der Waals surface area contributed by atoms with Gasteiger partial charge in [0.15, 0.2) is 6.29 Å². The number of aldehydes is 1. The number of anilines is 1. The molecule has 17 heavy (non-hydrogen) atoms. The standard InChI is InChI=1S/C13H18FNO2/c1-4-15(10(2)9-17-3)13-6-5-12(14)7-11(13)8-16/h5-8,10H,4,9H2,1-3H3. The van der Waals surface area contributed by atoms with Crippen LogP contribution in [0.4, 0.5) is 10.1 Å². The first-order valence-corrected chi connectivity index (χ1v) is 5.64. The summed E-state index contributed by atoms with van der Waals surface area (Å²) in [5, 5.41) is 0. The minimum absolute atomic E-state index is 0.133. The second-order valence-electron chi connectivity index (χ2n) is 3.91. The molecule has 0 aliphatic rings. The number of likely N-dealkylation sites (N-methyl/N-ethyl adjacent to an activating group) is 1. The van der Waals surface area contributed by atoms with Crippen LogP contribution < -0.4 is 4.90 Å². The molecule has 1 aromatic carbocycles. The van der Waals surface area contributed by atoms with Gasteiger partial charge in [-0.05, 0) is 32.0 Å². The average Bonchev–Trinajstić information content (AvgIpc) is 2.32. The maximum absolute atomic E-state index is 13.0. The Labute approximate surface area is 101 Å². The zero-order valence-electron chi connectivity index (χ0n) is 10.4. The zero-order valence-corrected chi connectivity index (χ0v) is 10.4. The van der Waals surface area contributed by atoms with E-state index in [2.05, 4.69) is 0 Å². The van der Waals surface area contributed by atoms with Crippen molar-refractivity contribution >= 4 is 12.0 Å². The highest BCUT2D eigenvalue weighted by Gasteiger charge is 2.16. The summed E-state index contributed by atoms with van der Waals surface area (Å²) in [6.07, 6.45) is 0.681. The van der Waals surface area contributed by atoms with E-state index in [9.17, 15) is 9.18 Å². The third-order valence-electron chi connectivity index (χ3n) is 2.71. The molecule has 1 aromatic rings. The van der Waals surface area contributed by atoms with Crippen molar-refractivity contribution in [2.75, 3.05) is 25.2 Å². The quantitative estimate of drug-likeness (QED) is 0.714. The van der Waals surface area contributed by atoms with Crippen LogP contribution in [-0.2, 0) is 4.74 Å². The van der Waals surface area contributed by atoms with Crippen molar-refractivity contribution in [2.24, 2.45) is 0 Å². The van der Waals surface area contributed by atoms with Gasteiger partial charge in [0.25, 0.3) is 0 Å². The molecule has 4 heteroatoms. The van der Waals surface area contributed by atoms with Gasteiger partial charge in [0.05, 0.1) is 6.61 Å². The summed E-state index contributed by atoms with van der Waals surface area (Å²) >= 11 is 0. The number of benzene rings is 1. The van der Waals surface area contributed by atoms with Crippen LogP contribution in [-0.4, -0.2) is 32.6 Å². The molecule has 1 unspecified atom stereocenters. The van der Waals surface area contributed by atoms with Crippen molar-refractivity contribution in [2.45, 2.75) is 19.9 Å². The Bertz CT molecular complexity index is 382. The monoisotopic (exact) mass is 239 g/mol. The van der Waals surface area contributed by atoms with E-state index in [1.807, 2.05) is 18.7 Å². The van der Waals surface area contributed by atoms with E-state index in [4.69, 9.17) is 4.74 Å². The van der Waals surface area contributed by atoms with Crippen LogP contribution in [0.5, 0.6) is 0 Å². The topological polar surface area (TPSA) is 29.5 Å². The van der Waals surface area contributed by atoms with Gasteiger partial charge in [0, 0.05) is 30.9 Å². The van der Waals surface area contributed by atoms with E-state index in [0.717, 1.165) is 12.2 Å². The first-order valence-electron chi connectivity index (χ1n) is 5.64. The second kappa shape index (κ2) is 6.35. The molecule has 0 aliphatic carbocycles. The lowest BCUT2D eigenvalue weighted by Gasteiger charge is -2.30. The number of hydrogen-bond donors (Lipinski definition) is 0. The van der Waals surface area contributed by atoms with E-state index >= 15 is 0 Å². The van der Waals surface area contributed by atoms with Gasteiger partial charge in [-0.15, -0.1) is 0 Å². The third-order valence-corrected chi connectivity index (χ3v) is 2.71. The van der Waals surface area contributed by atoms with Crippen molar-refractivity contribution in [1.82, 2.24) is 0 Å². The van der Waals surface area contributed by atoms with Crippen molar-refractivity contribution in [3.63, 3.8) is 0 Å². The summed E-state index contributed by atoms with van der Waals surface area (Å²) in [6, 6.07) is 4.39. The molecule has 0 bridgehead atoms. The Morgan fingerprint density at radius 3 is 2.76 bits per heavy atom. The molecule has 1 atom stereocenters. The van der Waals surface area contributed by atoms with Crippen molar-refractivity contribution in [3.8, 4) is 0 Å². The van der Waals surface area contributed by atoms with Crippen LogP contribution in [0.2, 0.25) is 0 Å². The SMILES string of the molecule is CCN(c1ccc(F)cc1C=O)C(C)COC. The van der Waals surface area contributed by atoms with E-state index in [0.29, 0.717) is 18.5 Å². The normalized spacial score (nSPS) is 12.2. The molecule has 0 N–H and O–H groups in total. The molecule has 0 saturated carbocycles. The summed E-state index contributed by atoms with van der Waals surface area (Å²) in [7, 11) is 1.63. The zero-order chi connectivity index (χ0) is 12.8. The number of ether oxygens (including phenoxy) is 1. The first-order chi connectivity index (χ1) is 8.13. The van der Waals surface area contributed by atoms with Gasteiger partial charge in [-0.25, -0.2) is 4.39 Å². The molecule has 0 aromatic heterocycles. The summed E-state index contributed by atoms with van der Waals surface area (Å²) in [5.74, 6) is -0.397.